The van der Waals surface area contributed by atoms with Crippen molar-refractivity contribution in [1.29, 1.82) is 0 Å². The number of β-amino-alcohol motifs (C(OH)–C–C–N with tert-alkyl or cyclic N) is 1. The van der Waals surface area contributed by atoms with Gasteiger partial charge >= 0.3 is 11.9 Å². The minimum absolute atomic E-state index is 0.123. The molecule has 1 aromatic carbocycles. The van der Waals surface area contributed by atoms with Crippen molar-refractivity contribution in [3.63, 3.8) is 0 Å². The lowest BCUT2D eigenvalue weighted by Gasteiger charge is -2.37. The molecule has 1 aliphatic rings. The van der Waals surface area contributed by atoms with Crippen LogP contribution in [0.4, 0.5) is 19.0 Å². The summed E-state index contributed by atoms with van der Waals surface area (Å²) in [5.74, 6) is 0.226. The van der Waals surface area contributed by atoms with Gasteiger partial charge in [0.1, 0.15) is 11.5 Å². The predicted molar refractivity (Wildman–Crippen MR) is 88.4 cm³/mol. The molecule has 6 nitrogen and oxygen atoms in total. The van der Waals surface area contributed by atoms with Crippen LogP contribution in [0.2, 0.25) is 0 Å². The van der Waals surface area contributed by atoms with E-state index in [1.54, 1.807) is 35.2 Å². The number of pyridine rings is 1. The Morgan fingerprint density at radius 1 is 1.04 bits per heavy atom. The second kappa shape index (κ2) is 5.80. The Bertz CT molecular complexity index is 1030. The summed E-state index contributed by atoms with van der Waals surface area (Å²) in [4.78, 5) is 22.0. The summed E-state index contributed by atoms with van der Waals surface area (Å²) in [6, 6.07) is 10.4. The van der Waals surface area contributed by atoms with Gasteiger partial charge in [0.2, 0.25) is 0 Å². The zero-order valence-electron chi connectivity index (χ0n) is 13.3. The number of halogens is 3. The van der Waals surface area contributed by atoms with E-state index in [4.69, 9.17) is 0 Å². The molecule has 0 amide bonds. The lowest BCUT2D eigenvalue weighted by atomic mass is 10.1. The van der Waals surface area contributed by atoms with Gasteiger partial charge in [-0.2, -0.15) is 18.2 Å². The highest BCUT2D eigenvalue weighted by molar-refractivity contribution is 5.88. The van der Waals surface area contributed by atoms with E-state index >= 15 is 0 Å². The SMILES string of the molecule is O=c1nc(N2CC(O)C2)c2ccc(C(F)(F)F)nc2n1-c1ccccc1. The fourth-order valence-corrected chi connectivity index (χ4v) is 2.92. The summed E-state index contributed by atoms with van der Waals surface area (Å²) in [6.45, 7) is 0.524. The molecular formula is C17H13F3N4O2. The number of benzene rings is 1. The van der Waals surface area contributed by atoms with Gasteiger partial charge in [-0.1, -0.05) is 18.2 Å². The first kappa shape index (κ1) is 16.5. The van der Waals surface area contributed by atoms with Gasteiger partial charge in [0.15, 0.2) is 5.65 Å². The van der Waals surface area contributed by atoms with Crippen LogP contribution in [-0.2, 0) is 6.18 Å². The summed E-state index contributed by atoms with van der Waals surface area (Å²) >= 11 is 0. The van der Waals surface area contributed by atoms with Crippen molar-refractivity contribution in [2.75, 3.05) is 18.0 Å². The van der Waals surface area contributed by atoms with E-state index < -0.39 is 23.7 Å². The minimum atomic E-state index is -4.64. The van der Waals surface area contributed by atoms with E-state index in [9.17, 15) is 23.1 Å². The maximum atomic E-state index is 13.1. The third kappa shape index (κ3) is 2.70. The van der Waals surface area contributed by atoms with Crippen molar-refractivity contribution in [1.82, 2.24) is 14.5 Å². The van der Waals surface area contributed by atoms with Crippen LogP contribution in [0.5, 0.6) is 0 Å². The number of nitrogens with zero attached hydrogens (tertiary/aromatic N) is 4. The largest absolute Gasteiger partial charge is 0.433 e. The van der Waals surface area contributed by atoms with Crippen molar-refractivity contribution < 1.29 is 18.3 Å². The molecule has 0 spiro atoms. The zero-order valence-corrected chi connectivity index (χ0v) is 13.3. The quantitative estimate of drug-likeness (QED) is 0.755. The summed E-state index contributed by atoms with van der Waals surface area (Å²) in [5.41, 5.74) is -1.57. The fourth-order valence-electron chi connectivity index (χ4n) is 2.92. The van der Waals surface area contributed by atoms with Crippen LogP contribution in [0.25, 0.3) is 16.7 Å². The van der Waals surface area contributed by atoms with Crippen molar-refractivity contribution in [2.45, 2.75) is 12.3 Å². The van der Waals surface area contributed by atoms with E-state index in [1.807, 2.05) is 0 Å². The first-order chi connectivity index (χ1) is 12.3. The van der Waals surface area contributed by atoms with E-state index in [0.29, 0.717) is 11.1 Å². The molecule has 9 heteroatoms. The lowest BCUT2D eigenvalue weighted by Crippen LogP contribution is -2.51. The maximum Gasteiger partial charge on any atom is 0.433 e. The van der Waals surface area contributed by atoms with Crippen molar-refractivity contribution >= 4 is 16.9 Å². The number of para-hydroxylation sites is 1. The van der Waals surface area contributed by atoms with Gasteiger partial charge < -0.3 is 10.0 Å². The molecule has 0 saturated carbocycles. The first-order valence-electron chi connectivity index (χ1n) is 7.84. The highest BCUT2D eigenvalue weighted by Crippen LogP contribution is 2.32. The molecular weight excluding hydrogens is 349 g/mol. The molecule has 4 rings (SSSR count). The second-order valence-electron chi connectivity index (χ2n) is 6.01. The van der Waals surface area contributed by atoms with E-state index in [0.717, 1.165) is 10.6 Å². The number of aliphatic hydroxyl groups is 1. The summed E-state index contributed by atoms with van der Waals surface area (Å²) in [7, 11) is 0. The van der Waals surface area contributed by atoms with Crippen LogP contribution in [0, 0.1) is 0 Å². The third-order valence-corrected chi connectivity index (χ3v) is 4.19. The van der Waals surface area contributed by atoms with Crippen LogP contribution in [0.15, 0.2) is 47.3 Å². The van der Waals surface area contributed by atoms with Gasteiger partial charge in [0, 0.05) is 13.1 Å². The molecule has 0 aliphatic carbocycles. The molecule has 1 fully saturated rings. The van der Waals surface area contributed by atoms with E-state index in [-0.39, 0.29) is 24.6 Å². The number of fused-ring (bicyclic) bond motifs is 1. The predicted octanol–water partition coefficient (Wildman–Crippen LogP) is 1.98. The Hall–Kier alpha value is -2.94. The average Bonchev–Trinajstić information content (AvgIpc) is 2.58. The first-order valence-corrected chi connectivity index (χ1v) is 7.84. The minimum Gasteiger partial charge on any atom is -0.389 e. The Labute approximate surface area is 145 Å². The van der Waals surface area contributed by atoms with E-state index in [2.05, 4.69) is 9.97 Å². The van der Waals surface area contributed by atoms with Gasteiger partial charge in [0.05, 0.1) is 17.2 Å². The lowest BCUT2D eigenvalue weighted by molar-refractivity contribution is -0.141. The fraction of sp³-hybridized carbons (Fsp3) is 0.235. The number of alkyl halides is 3. The Morgan fingerprint density at radius 2 is 1.73 bits per heavy atom. The topological polar surface area (TPSA) is 71.2 Å². The standard InChI is InChI=1S/C17H13F3N4O2/c18-17(19,20)13-7-6-12-14(23-8-11(25)9-23)22-16(26)24(15(12)21-13)10-4-2-1-3-5-10/h1-7,11,25H,8-9H2. The number of rotatable bonds is 2. The van der Waals surface area contributed by atoms with Crippen LogP contribution >= 0.6 is 0 Å². The average molecular weight is 362 g/mol. The second-order valence-corrected chi connectivity index (χ2v) is 6.01. The Balaban J connectivity index is 2.02. The van der Waals surface area contributed by atoms with Crippen LogP contribution in [0.3, 0.4) is 0 Å². The molecule has 3 heterocycles. The highest BCUT2D eigenvalue weighted by atomic mass is 19.4. The van der Waals surface area contributed by atoms with E-state index in [1.165, 1.54) is 6.07 Å². The number of aromatic nitrogens is 3. The van der Waals surface area contributed by atoms with Crippen LogP contribution < -0.4 is 10.6 Å². The maximum absolute atomic E-state index is 13.1. The number of hydrogen-bond donors (Lipinski definition) is 1. The van der Waals surface area contributed by atoms with Crippen LogP contribution in [-0.4, -0.2) is 38.8 Å². The van der Waals surface area contributed by atoms with Gasteiger partial charge in [-0.15, -0.1) is 0 Å². The molecule has 1 N–H and O–H groups in total. The van der Waals surface area contributed by atoms with Gasteiger partial charge in [-0.05, 0) is 24.3 Å². The Kier molecular flexibility index (Phi) is 3.69. The molecule has 1 saturated heterocycles. The molecule has 0 bridgehead atoms. The number of aliphatic hydroxyl groups excluding tert-OH is 1. The summed E-state index contributed by atoms with van der Waals surface area (Å²) in [6.07, 6.45) is -5.19. The zero-order chi connectivity index (χ0) is 18.5. The third-order valence-electron chi connectivity index (χ3n) is 4.19. The monoisotopic (exact) mass is 362 g/mol. The van der Waals surface area contributed by atoms with Crippen molar-refractivity contribution in [3.05, 3.63) is 58.6 Å². The van der Waals surface area contributed by atoms with Crippen molar-refractivity contribution in [2.24, 2.45) is 0 Å². The molecule has 2 aromatic heterocycles. The van der Waals surface area contributed by atoms with Crippen LogP contribution in [0.1, 0.15) is 5.69 Å². The van der Waals surface area contributed by atoms with Crippen molar-refractivity contribution in [3.8, 4) is 5.69 Å². The molecule has 0 radical (unpaired) electrons. The summed E-state index contributed by atoms with van der Waals surface area (Å²) < 4.78 is 40.4. The van der Waals surface area contributed by atoms with Gasteiger partial charge in [-0.3, -0.25) is 0 Å². The highest BCUT2D eigenvalue weighted by Gasteiger charge is 2.34. The number of anilines is 1. The molecule has 1 aliphatic heterocycles. The molecule has 134 valence electrons. The molecule has 3 aromatic rings. The normalized spacial score (nSPS) is 15.3. The Morgan fingerprint density at radius 3 is 2.35 bits per heavy atom. The molecule has 0 atom stereocenters. The number of hydrogen-bond acceptors (Lipinski definition) is 5. The smallest absolute Gasteiger partial charge is 0.389 e. The summed E-state index contributed by atoms with van der Waals surface area (Å²) in [5, 5.41) is 9.80. The molecule has 26 heavy (non-hydrogen) atoms. The molecule has 0 unspecified atom stereocenters. The van der Waals surface area contributed by atoms with Gasteiger partial charge in [0.25, 0.3) is 0 Å². The van der Waals surface area contributed by atoms with Gasteiger partial charge in [-0.25, -0.2) is 14.3 Å².